The SMILES string of the molecule is Cc1cccc(C)c1N1C[C@H]2C[C@@]2(C(=O)Nc2ccc(OC(F)(F)F)cc2)S1(=O)=O. The summed E-state index contributed by atoms with van der Waals surface area (Å²) in [6.45, 7) is 3.86. The third-order valence-corrected chi connectivity index (χ3v) is 8.12. The number of halogens is 3. The highest BCUT2D eigenvalue weighted by Gasteiger charge is 2.75. The van der Waals surface area contributed by atoms with Crippen molar-refractivity contribution in [1.29, 1.82) is 0 Å². The molecular weight excluding hydrogens is 421 g/mol. The van der Waals surface area contributed by atoms with Crippen LogP contribution in [-0.2, 0) is 14.8 Å². The second-order valence-corrected chi connectivity index (χ2v) is 9.71. The lowest BCUT2D eigenvalue weighted by molar-refractivity contribution is -0.274. The maximum absolute atomic E-state index is 13.3. The molecule has 1 aliphatic heterocycles. The van der Waals surface area contributed by atoms with Gasteiger partial charge in [-0.05, 0) is 55.7 Å². The van der Waals surface area contributed by atoms with Crippen LogP contribution in [0.5, 0.6) is 5.75 Å². The van der Waals surface area contributed by atoms with Crippen LogP contribution in [0.4, 0.5) is 24.5 Å². The van der Waals surface area contributed by atoms with Gasteiger partial charge in [0.1, 0.15) is 5.75 Å². The molecule has 10 heteroatoms. The van der Waals surface area contributed by atoms with Gasteiger partial charge in [-0.15, -0.1) is 13.2 Å². The molecule has 1 aliphatic carbocycles. The Labute approximate surface area is 171 Å². The average molecular weight is 440 g/mol. The van der Waals surface area contributed by atoms with Crippen molar-refractivity contribution in [2.45, 2.75) is 31.4 Å². The first-order valence-corrected chi connectivity index (χ1v) is 10.7. The van der Waals surface area contributed by atoms with E-state index in [0.717, 1.165) is 23.3 Å². The molecule has 2 aromatic carbocycles. The van der Waals surface area contributed by atoms with Gasteiger partial charge < -0.3 is 10.1 Å². The molecule has 1 heterocycles. The number of carbonyl (C=O) groups is 1. The summed E-state index contributed by atoms with van der Waals surface area (Å²) in [5.74, 6) is -1.45. The monoisotopic (exact) mass is 440 g/mol. The summed E-state index contributed by atoms with van der Waals surface area (Å²) in [6, 6.07) is 10.1. The fourth-order valence-electron chi connectivity index (χ4n) is 4.11. The van der Waals surface area contributed by atoms with Crippen LogP contribution >= 0.6 is 0 Å². The van der Waals surface area contributed by atoms with Crippen molar-refractivity contribution >= 4 is 27.3 Å². The van der Waals surface area contributed by atoms with Crippen molar-refractivity contribution in [3.8, 4) is 5.75 Å². The van der Waals surface area contributed by atoms with Gasteiger partial charge >= 0.3 is 6.36 Å². The zero-order valence-corrected chi connectivity index (χ0v) is 17.0. The molecule has 1 saturated heterocycles. The van der Waals surface area contributed by atoms with Crippen molar-refractivity contribution in [2.24, 2.45) is 5.92 Å². The number of anilines is 2. The minimum atomic E-state index is -4.82. The Kier molecular flexibility index (Phi) is 4.53. The highest BCUT2D eigenvalue weighted by atomic mass is 32.2. The lowest BCUT2D eigenvalue weighted by atomic mass is 10.1. The summed E-state index contributed by atoms with van der Waals surface area (Å²) in [7, 11) is -3.96. The number of nitrogens with zero attached hydrogens (tertiary/aromatic N) is 1. The third-order valence-electron chi connectivity index (χ3n) is 5.60. The molecule has 0 aromatic heterocycles. The molecule has 1 amide bonds. The van der Waals surface area contributed by atoms with E-state index in [1.807, 2.05) is 32.0 Å². The molecule has 2 aromatic rings. The van der Waals surface area contributed by atoms with Crippen LogP contribution < -0.4 is 14.4 Å². The molecule has 30 heavy (non-hydrogen) atoms. The smallest absolute Gasteiger partial charge is 0.406 e. The summed E-state index contributed by atoms with van der Waals surface area (Å²) in [4.78, 5) is 12.9. The number of hydrogen-bond acceptors (Lipinski definition) is 4. The minimum absolute atomic E-state index is 0.190. The molecule has 6 nitrogen and oxygen atoms in total. The summed E-state index contributed by atoms with van der Waals surface area (Å²) >= 11 is 0. The number of alkyl halides is 3. The Balaban J connectivity index is 1.56. The van der Waals surface area contributed by atoms with Crippen LogP contribution in [0.1, 0.15) is 17.5 Å². The number of benzene rings is 2. The predicted octanol–water partition coefficient (Wildman–Crippen LogP) is 3.75. The van der Waals surface area contributed by atoms with Gasteiger partial charge in [-0.1, -0.05) is 18.2 Å². The quantitative estimate of drug-likeness (QED) is 0.786. The van der Waals surface area contributed by atoms with E-state index in [-0.39, 0.29) is 24.6 Å². The molecule has 0 bridgehead atoms. The lowest BCUT2D eigenvalue weighted by Gasteiger charge is -2.26. The number of rotatable bonds is 4. The first-order chi connectivity index (χ1) is 14.0. The molecule has 0 spiro atoms. The van der Waals surface area contributed by atoms with E-state index in [1.54, 1.807) is 0 Å². The third kappa shape index (κ3) is 3.19. The Morgan fingerprint density at radius 3 is 2.30 bits per heavy atom. The van der Waals surface area contributed by atoms with E-state index in [4.69, 9.17) is 0 Å². The number of amides is 1. The number of hydrogen-bond donors (Lipinski definition) is 1. The van der Waals surface area contributed by atoms with E-state index in [9.17, 15) is 26.4 Å². The second-order valence-electron chi connectivity index (χ2n) is 7.59. The van der Waals surface area contributed by atoms with Crippen LogP contribution in [0, 0.1) is 19.8 Å². The summed E-state index contributed by atoms with van der Waals surface area (Å²) in [5.41, 5.74) is 2.38. The number of carbonyl (C=O) groups excluding carboxylic acids is 1. The first kappa shape index (κ1) is 20.5. The fourth-order valence-corrected chi connectivity index (χ4v) is 6.60. The molecule has 2 aliphatic rings. The summed E-state index contributed by atoms with van der Waals surface area (Å²) in [5, 5.41) is 2.53. The van der Waals surface area contributed by atoms with Gasteiger partial charge in [0.25, 0.3) is 0 Å². The Morgan fingerprint density at radius 1 is 1.13 bits per heavy atom. The van der Waals surface area contributed by atoms with E-state index in [2.05, 4.69) is 10.1 Å². The van der Waals surface area contributed by atoms with Crippen molar-refractivity contribution in [3.63, 3.8) is 0 Å². The standard InChI is InChI=1S/C20H19F3N2O4S/c1-12-4-3-5-13(2)17(12)25-11-14-10-19(14,30(25,27)28)18(26)24-15-6-8-16(9-7-15)29-20(21,22)23/h3-9,14H,10-11H2,1-2H3,(H,24,26)/t14-,19-/m1/s1. The molecule has 2 atom stereocenters. The van der Waals surface area contributed by atoms with Crippen molar-refractivity contribution in [1.82, 2.24) is 0 Å². The highest BCUT2D eigenvalue weighted by molar-refractivity contribution is 7.95. The maximum Gasteiger partial charge on any atom is 0.573 e. The number of aryl methyl sites for hydroxylation is 2. The van der Waals surface area contributed by atoms with Crippen LogP contribution in [0.25, 0.3) is 0 Å². The lowest BCUT2D eigenvalue weighted by Crippen LogP contribution is -2.42. The van der Waals surface area contributed by atoms with E-state index in [0.29, 0.717) is 5.69 Å². The molecule has 1 saturated carbocycles. The van der Waals surface area contributed by atoms with E-state index in [1.165, 1.54) is 16.4 Å². The molecule has 0 radical (unpaired) electrons. The largest absolute Gasteiger partial charge is 0.573 e. The van der Waals surface area contributed by atoms with Gasteiger partial charge in [0.15, 0.2) is 4.75 Å². The second kappa shape index (κ2) is 6.63. The molecule has 0 unspecified atom stereocenters. The van der Waals surface area contributed by atoms with Gasteiger partial charge in [-0.25, -0.2) is 8.42 Å². The van der Waals surface area contributed by atoms with Crippen LogP contribution in [0.2, 0.25) is 0 Å². The zero-order valence-electron chi connectivity index (χ0n) is 16.2. The van der Waals surface area contributed by atoms with Crippen LogP contribution in [-0.4, -0.2) is 32.0 Å². The van der Waals surface area contributed by atoms with Gasteiger partial charge in [0, 0.05) is 18.2 Å². The van der Waals surface area contributed by atoms with E-state index < -0.39 is 32.8 Å². The summed E-state index contributed by atoms with van der Waals surface area (Å²) < 4.78 is 67.0. The van der Waals surface area contributed by atoms with E-state index >= 15 is 0 Å². The highest BCUT2D eigenvalue weighted by Crippen LogP contribution is 2.59. The van der Waals surface area contributed by atoms with Gasteiger partial charge in [0.2, 0.25) is 15.9 Å². The Bertz CT molecular complexity index is 1100. The van der Waals surface area contributed by atoms with Gasteiger partial charge in [-0.3, -0.25) is 9.10 Å². The van der Waals surface area contributed by atoms with Crippen LogP contribution in [0.15, 0.2) is 42.5 Å². The fraction of sp³-hybridized carbons (Fsp3) is 0.350. The minimum Gasteiger partial charge on any atom is -0.406 e. The number of ether oxygens (including phenoxy) is 1. The summed E-state index contributed by atoms with van der Waals surface area (Å²) in [6.07, 6.45) is -4.60. The molecule has 160 valence electrons. The van der Waals surface area contributed by atoms with Crippen LogP contribution in [0.3, 0.4) is 0 Å². The first-order valence-electron chi connectivity index (χ1n) is 9.21. The molecule has 4 rings (SSSR count). The number of sulfonamides is 1. The topological polar surface area (TPSA) is 75.7 Å². The van der Waals surface area contributed by atoms with Crippen molar-refractivity contribution < 1.29 is 31.1 Å². The number of para-hydroxylation sites is 1. The van der Waals surface area contributed by atoms with Gasteiger partial charge in [0.05, 0.1) is 5.69 Å². The number of nitrogens with one attached hydrogen (secondary N) is 1. The number of fused-ring (bicyclic) bond motifs is 1. The average Bonchev–Trinajstić information content (AvgIpc) is 3.32. The Hall–Kier alpha value is -2.75. The molecule has 1 N–H and O–H groups in total. The van der Waals surface area contributed by atoms with Crippen molar-refractivity contribution in [2.75, 3.05) is 16.2 Å². The Morgan fingerprint density at radius 2 is 1.73 bits per heavy atom. The molecular formula is C20H19F3N2O4S. The van der Waals surface area contributed by atoms with Gasteiger partial charge in [-0.2, -0.15) is 0 Å². The maximum atomic E-state index is 13.3. The molecule has 2 fully saturated rings. The van der Waals surface area contributed by atoms with Crippen molar-refractivity contribution in [3.05, 3.63) is 53.6 Å². The normalized spacial score (nSPS) is 24.3. The predicted molar refractivity (Wildman–Crippen MR) is 105 cm³/mol. The zero-order chi connectivity index (χ0) is 21.9.